The van der Waals surface area contributed by atoms with Crippen molar-refractivity contribution in [2.24, 2.45) is 11.8 Å². The van der Waals surface area contributed by atoms with Crippen LogP contribution in [0, 0.1) is 11.8 Å². The molecule has 0 aromatic heterocycles. The molecule has 0 amide bonds. The molecule has 0 fully saturated rings. The number of hydrogen-bond acceptors (Lipinski definition) is 3. The summed E-state index contributed by atoms with van der Waals surface area (Å²) in [6.45, 7) is 8.12. The maximum atomic E-state index is 10.8. The Morgan fingerprint density at radius 2 is 1.80 bits per heavy atom. The summed E-state index contributed by atoms with van der Waals surface area (Å²) >= 11 is 3.45. The van der Waals surface area contributed by atoms with Crippen LogP contribution in [-0.2, 0) is 12.8 Å². The monoisotopic (exact) mass is 344 g/mol. The van der Waals surface area contributed by atoms with Crippen molar-refractivity contribution in [2.45, 2.75) is 40.5 Å². The van der Waals surface area contributed by atoms with Crippen molar-refractivity contribution in [3.63, 3.8) is 0 Å². The molecule has 0 saturated heterocycles. The molecule has 4 nitrogen and oxygen atoms in total. The summed E-state index contributed by atoms with van der Waals surface area (Å²) < 4.78 is 5.59. The van der Waals surface area contributed by atoms with Crippen LogP contribution in [0.5, 0.6) is 11.5 Å². The minimum Gasteiger partial charge on any atom is -0.504 e. The molecule has 2 N–H and O–H groups in total. The third-order valence-electron chi connectivity index (χ3n) is 2.81. The van der Waals surface area contributed by atoms with E-state index in [0.29, 0.717) is 35.8 Å². The molecule has 0 aliphatic rings. The largest absolute Gasteiger partial charge is 0.511 e. The van der Waals surface area contributed by atoms with Gasteiger partial charge in [-0.15, -0.1) is 0 Å². The lowest BCUT2D eigenvalue weighted by Crippen LogP contribution is -2.09. The molecule has 1 aromatic rings. The quantitative estimate of drug-likeness (QED) is 0.604. The lowest BCUT2D eigenvalue weighted by molar-refractivity contribution is 0.142. The van der Waals surface area contributed by atoms with Gasteiger partial charge in [-0.1, -0.05) is 43.6 Å². The second-order valence-corrected chi connectivity index (χ2v) is 6.59. The van der Waals surface area contributed by atoms with E-state index in [1.807, 2.05) is 33.8 Å². The third kappa shape index (κ3) is 4.40. The summed E-state index contributed by atoms with van der Waals surface area (Å²) in [5, 5.41) is 19.2. The molecule has 1 aromatic carbocycles. The zero-order valence-corrected chi connectivity index (χ0v) is 13.8. The normalized spacial score (nSPS) is 11.2. The van der Waals surface area contributed by atoms with E-state index >= 15 is 0 Å². The molecular weight excluding hydrogens is 324 g/mol. The maximum Gasteiger partial charge on any atom is 0.511 e. The van der Waals surface area contributed by atoms with Crippen LogP contribution in [0.15, 0.2) is 10.5 Å². The SMILES string of the molecule is CC(C)Cc1cc(Br)c(CC(C)C)c(O)c1OC(=O)O. The number of hydrogen-bond donors (Lipinski definition) is 2. The first kappa shape index (κ1) is 16.8. The number of phenolic OH excluding ortho intramolecular Hbond substituents is 1. The van der Waals surface area contributed by atoms with Crippen molar-refractivity contribution < 1.29 is 19.7 Å². The molecule has 0 heterocycles. The van der Waals surface area contributed by atoms with Crippen LogP contribution < -0.4 is 4.74 Å². The molecule has 0 saturated carbocycles. The van der Waals surface area contributed by atoms with Crippen molar-refractivity contribution >= 4 is 22.1 Å². The molecule has 0 aliphatic heterocycles. The zero-order chi connectivity index (χ0) is 15.4. The predicted molar refractivity (Wildman–Crippen MR) is 81.5 cm³/mol. The van der Waals surface area contributed by atoms with Crippen LogP contribution in [-0.4, -0.2) is 16.4 Å². The number of carbonyl (C=O) groups is 1. The van der Waals surface area contributed by atoms with Crippen molar-refractivity contribution in [3.05, 3.63) is 21.7 Å². The topological polar surface area (TPSA) is 66.8 Å². The van der Waals surface area contributed by atoms with Crippen molar-refractivity contribution in [1.29, 1.82) is 0 Å². The Morgan fingerprint density at radius 1 is 1.25 bits per heavy atom. The Kier molecular flexibility index (Phi) is 5.87. The summed E-state index contributed by atoms with van der Waals surface area (Å²) in [5.41, 5.74) is 1.38. The first-order chi connectivity index (χ1) is 9.22. The minimum atomic E-state index is -1.41. The molecule has 5 heteroatoms. The van der Waals surface area contributed by atoms with E-state index < -0.39 is 6.16 Å². The van der Waals surface area contributed by atoms with E-state index in [4.69, 9.17) is 9.84 Å². The number of ether oxygens (including phenoxy) is 1. The predicted octanol–water partition coefficient (Wildman–Crippen LogP) is 4.61. The standard InChI is InChI=1S/C15H21BrO4/c1-8(2)5-10-7-12(16)11(6-9(3)4)13(17)14(10)20-15(18)19/h7-9,17H,5-6H2,1-4H3,(H,18,19). The van der Waals surface area contributed by atoms with Gasteiger partial charge in [0.05, 0.1) is 0 Å². The molecular formula is C15H21BrO4. The summed E-state index contributed by atoms with van der Waals surface area (Å²) in [6, 6.07) is 1.84. The van der Waals surface area contributed by atoms with Crippen molar-refractivity contribution in [1.82, 2.24) is 0 Å². The lowest BCUT2D eigenvalue weighted by atomic mass is 9.96. The van der Waals surface area contributed by atoms with Gasteiger partial charge in [-0.25, -0.2) is 4.79 Å². The lowest BCUT2D eigenvalue weighted by Gasteiger charge is -2.17. The Balaban J connectivity index is 3.35. The van der Waals surface area contributed by atoms with Crippen LogP contribution in [0.2, 0.25) is 0 Å². The molecule has 0 aliphatic carbocycles. The van der Waals surface area contributed by atoms with Gasteiger partial charge in [0.25, 0.3) is 0 Å². The van der Waals surface area contributed by atoms with Crippen LogP contribution in [0.1, 0.15) is 38.8 Å². The summed E-state index contributed by atoms with van der Waals surface area (Å²) in [7, 11) is 0. The first-order valence-electron chi connectivity index (χ1n) is 6.66. The van der Waals surface area contributed by atoms with Gasteiger partial charge in [-0.2, -0.15) is 0 Å². The van der Waals surface area contributed by atoms with Crippen LogP contribution in [0.25, 0.3) is 0 Å². The van der Waals surface area contributed by atoms with E-state index in [2.05, 4.69) is 15.9 Å². The average molecular weight is 345 g/mol. The van der Waals surface area contributed by atoms with Gasteiger partial charge in [0.15, 0.2) is 11.5 Å². The van der Waals surface area contributed by atoms with Gasteiger partial charge >= 0.3 is 6.16 Å². The number of benzene rings is 1. The van der Waals surface area contributed by atoms with Gasteiger partial charge < -0.3 is 14.9 Å². The highest BCUT2D eigenvalue weighted by Gasteiger charge is 2.21. The summed E-state index contributed by atoms with van der Waals surface area (Å²) in [6.07, 6.45) is -0.135. The maximum absolute atomic E-state index is 10.8. The van der Waals surface area contributed by atoms with Crippen LogP contribution >= 0.6 is 15.9 Å². The summed E-state index contributed by atoms with van der Waals surface area (Å²) in [4.78, 5) is 10.8. The van der Waals surface area contributed by atoms with E-state index in [1.54, 1.807) is 0 Å². The molecule has 20 heavy (non-hydrogen) atoms. The Labute approximate surface area is 127 Å². The number of halogens is 1. The fourth-order valence-electron chi connectivity index (χ4n) is 2.10. The van der Waals surface area contributed by atoms with Crippen LogP contribution in [0.3, 0.4) is 0 Å². The van der Waals surface area contributed by atoms with E-state index in [-0.39, 0.29) is 11.5 Å². The molecule has 0 bridgehead atoms. The van der Waals surface area contributed by atoms with Gasteiger partial charge in [0.1, 0.15) is 0 Å². The second kappa shape index (κ2) is 6.97. The van der Waals surface area contributed by atoms with E-state index in [1.165, 1.54) is 0 Å². The molecule has 0 atom stereocenters. The third-order valence-corrected chi connectivity index (χ3v) is 3.52. The zero-order valence-electron chi connectivity index (χ0n) is 12.2. The Bertz CT molecular complexity index is 495. The molecule has 0 unspecified atom stereocenters. The molecule has 112 valence electrons. The molecule has 0 radical (unpaired) electrons. The first-order valence-corrected chi connectivity index (χ1v) is 7.45. The van der Waals surface area contributed by atoms with Crippen molar-refractivity contribution in [3.8, 4) is 11.5 Å². The van der Waals surface area contributed by atoms with Gasteiger partial charge in [0.2, 0.25) is 0 Å². The van der Waals surface area contributed by atoms with Gasteiger partial charge in [0, 0.05) is 15.6 Å². The van der Waals surface area contributed by atoms with Gasteiger partial charge in [-0.05, 0) is 30.7 Å². The second-order valence-electron chi connectivity index (χ2n) is 5.74. The number of carboxylic acid groups (broad SMARTS) is 1. The Hall–Kier alpha value is -1.23. The molecule has 0 spiro atoms. The number of rotatable bonds is 5. The minimum absolute atomic E-state index is 0.0602. The number of phenols is 1. The van der Waals surface area contributed by atoms with E-state index in [9.17, 15) is 9.90 Å². The highest BCUT2D eigenvalue weighted by Crippen LogP contribution is 2.41. The van der Waals surface area contributed by atoms with Crippen LogP contribution in [0.4, 0.5) is 4.79 Å². The van der Waals surface area contributed by atoms with E-state index in [0.717, 1.165) is 4.47 Å². The molecule has 1 rings (SSSR count). The highest BCUT2D eigenvalue weighted by molar-refractivity contribution is 9.10. The van der Waals surface area contributed by atoms with Crippen molar-refractivity contribution in [2.75, 3.05) is 0 Å². The fraction of sp³-hybridized carbons (Fsp3) is 0.533. The Morgan fingerprint density at radius 3 is 2.25 bits per heavy atom. The fourth-order valence-corrected chi connectivity index (χ4v) is 2.73. The average Bonchev–Trinajstić information content (AvgIpc) is 2.28. The highest BCUT2D eigenvalue weighted by atomic mass is 79.9. The van der Waals surface area contributed by atoms with Gasteiger partial charge in [-0.3, -0.25) is 0 Å². The summed E-state index contributed by atoms with van der Waals surface area (Å²) in [5.74, 6) is 0.649. The smallest absolute Gasteiger partial charge is 0.504 e. The number of aromatic hydroxyl groups is 1.